The lowest BCUT2D eigenvalue weighted by atomic mass is 9.53. The summed E-state index contributed by atoms with van der Waals surface area (Å²) in [6.07, 6.45) is 9.73. The van der Waals surface area contributed by atoms with Crippen LogP contribution in [0.4, 0.5) is 9.52 Å². The molecule has 5 aliphatic rings. The summed E-state index contributed by atoms with van der Waals surface area (Å²) in [6, 6.07) is 4.76. The van der Waals surface area contributed by atoms with Gasteiger partial charge in [0.05, 0.1) is 16.1 Å². The zero-order valence-corrected chi connectivity index (χ0v) is 17.5. The molecule has 1 N–H and O–H groups in total. The number of nitrogens with zero attached hydrogens (tertiary/aromatic N) is 2. The Morgan fingerprint density at radius 3 is 2.62 bits per heavy atom. The molecule has 1 atom stereocenters. The van der Waals surface area contributed by atoms with E-state index in [1.54, 1.807) is 12.1 Å². The molecule has 2 heterocycles. The van der Waals surface area contributed by atoms with Crippen LogP contribution in [0.3, 0.4) is 0 Å². The van der Waals surface area contributed by atoms with Crippen LogP contribution in [-0.2, 0) is 4.79 Å². The van der Waals surface area contributed by atoms with E-state index in [0.29, 0.717) is 0 Å². The molecule has 1 saturated heterocycles. The predicted molar refractivity (Wildman–Crippen MR) is 114 cm³/mol. The third-order valence-electron chi connectivity index (χ3n) is 7.83. The first-order valence-electron chi connectivity index (χ1n) is 11.2. The number of carbonyl (C=O) groups is 1. The number of fused-ring (bicyclic) bond motifs is 1. The molecule has 154 valence electrons. The SMILES string of the molecule is O=C(NC12CC3CC(CC(C3)C1)C2)C1CCCN(c2nc3ccc(F)cc3s2)C1. The van der Waals surface area contributed by atoms with Gasteiger partial charge in [0.25, 0.3) is 0 Å². The van der Waals surface area contributed by atoms with Gasteiger partial charge in [0.1, 0.15) is 5.82 Å². The van der Waals surface area contributed by atoms with E-state index in [4.69, 9.17) is 4.98 Å². The van der Waals surface area contributed by atoms with E-state index in [2.05, 4.69) is 10.2 Å². The molecule has 29 heavy (non-hydrogen) atoms. The van der Waals surface area contributed by atoms with E-state index in [0.717, 1.165) is 59.0 Å². The molecule has 4 aliphatic carbocycles. The van der Waals surface area contributed by atoms with Gasteiger partial charge >= 0.3 is 0 Å². The van der Waals surface area contributed by atoms with Gasteiger partial charge in [-0.05, 0) is 87.3 Å². The van der Waals surface area contributed by atoms with Gasteiger partial charge in [-0.1, -0.05) is 11.3 Å². The second-order valence-electron chi connectivity index (χ2n) is 10.1. The van der Waals surface area contributed by atoms with E-state index in [1.807, 2.05) is 0 Å². The van der Waals surface area contributed by atoms with Gasteiger partial charge < -0.3 is 10.2 Å². The van der Waals surface area contributed by atoms with Crippen molar-refractivity contribution in [3.05, 3.63) is 24.0 Å². The molecule has 5 fully saturated rings. The van der Waals surface area contributed by atoms with Crippen molar-refractivity contribution in [1.29, 1.82) is 0 Å². The molecule has 1 amide bonds. The van der Waals surface area contributed by atoms with Gasteiger partial charge in [0.2, 0.25) is 5.91 Å². The molecule has 1 aromatic heterocycles. The van der Waals surface area contributed by atoms with Crippen LogP contribution < -0.4 is 10.2 Å². The summed E-state index contributed by atoms with van der Waals surface area (Å²) in [5, 5.41) is 4.48. The largest absolute Gasteiger partial charge is 0.350 e. The minimum absolute atomic E-state index is 0.0282. The van der Waals surface area contributed by atoms with Crippen molar-refractivity contribution in [2.45, 2.75) is 56.9 Å². The molecular formula is C23H28FN3OS. The number of thiazole rings is 1. The van der Waals surface area contributed by atoms with Crippen molar-refractivity contribution in [3.63, 3.8) is 0 Å². The van der Waals surface area contributed by atoms with Crippen molar-refractivity contribution in [2.75, 3.05) is 18.0 Å². The molecular weight excluding hydrogens is 385 g/mol. The zero-order valence-electron chi connectivity index (χ0n) is 16.7. The molecule has 0 radical (unpaired) electrons. The van der Waals surface area contributed by atoms with E-state index in [1.165, 1.54) is 55.9 Å². The van der Waals surface area contributed by atoms with Crippen LogP contribution in [0.5, 0.6) is 0 Å². The molecule has 1 unspecified atom stereocenters. The Morgan fingerprint density at radius 2 is 1.90 bits per heavy atom. The molecule has 1 aliphatic heterocycles. The van der Waals surface area contributed by atoms with Gasteiger partial charge in [-0.25, -0.2) is 9.37 Å². The first-order valence-corrected chi connectivity index (χ1v) is 12.0. The van der Waals surface area contributed by atoms with Crippen molar-refractivity contribution >= 4 is 32.6 Å². The average Bonchev–Trinajstić information content (AvgIpc) is 3.10. The minimum Gasteiger partial charge on any atom is -0.350 e. The molecule has 2 aromatic rings. The number of carbonyl (C=O) groups excluding carboxylic acids is 1. The van der Waals surface area contributed by atoms with Crippen LogP contribution in [0.15, 0.2) is 18.2 Å². The van der Waals surface area contributed by atoms with Crippen molar-refractivity contribution in [3.8, 4) is 0 Å². The maximum Gasteiger partial charge on any atom is 0.225 e. The summed E-state index contributed by atoms with van der Waals surface area (Å²) in [5.74, 6) is 2.58. The summed E-state index contributed by atoms with van der Waals surface area (Å²) in [6.45, 7) is 1.64. The zero-order chi connectivity index (χ0) is 19.6. The summed E-state index contributed by atoms with van der Waals surface area (Å²) in [5.41, 5.74) is 0.924. The molecule has 0 spiro atoms. The smallest absolute Gasteiger partial charge is 0.225 e. The summed E-state index contributed by atoms with van der Waals surface area (Å²) >= 11 is 1.53. The maximum absolute atomic E-state index is 13.5. The van der Waals surface area contributed by atoms with E-state index in [-0.39, 0.29) is 23.2 Å². The highest BCUT2D eigenvalue weighted by molar-refractivity contribution is 7.22. The lowest BCUT2D eigenvalue weighted by Crippen LogP contribution is -2.61. The second kappa shape index (κ2) is 6.66. The number of halogens is 1. The van der Waals surface area contributed by atoms with Crippen LogP contribution in [0.2, 0.25) is 0 Å². The van der Waals surface area contributed by atoms with Crippen molar-refractivity contribution < 1.29 is 9.18 Å². The van der Waals surface area contributed by atoms with E-state index >= 15 is 0 Å². The molecule has 6 heteroatoms. The third-order valence-corrected chi connectivity index (χ3v) is 8.91. The number of benzene rings is 1. The Labute approximate surface area is 174 Å². The Morgan fingerprint density at radius 1 is 1.17 bits per heavy atom. The average molecular weight is 414 g/mol. The Hall–Kier alpha value is -1.69. The topological polar surface area (TPSA) is 45.2 Å². The standard InChI is InChI=1S/C23H28FN3OS/c24-18-3-4-19-20(9-18)29-22(25-19)27-5-1-2-17(13-27)21(28)26-23-10-14-6-15(11-23)8-16(7-14)12-23/h3-4,9,14-17H,1-2,5-8,10-13H2,(H,26,28). The second-order valence-corrected chi connectivity index (χ2v) is 11.1. The normalized spacial score (nSPS) is 36.0. The molecule has 1 aromatic carbocycles. The van der Waals surface area contributed by atoms with Gasteiger partial charge in [-0.2, -0.15) is 0 Å². The molecule has 4 saturated carbocycles. The van der Waals surface area contributed by atoms with Crippen LogP contribution in [0, 0.1) is 29.5 Å². The van der Waals surface area contributed by atoms with E-state index < -0.39 is 0 Å². The number of anilines is 1. The third kappa shape index (κ3) is 3.24. The number of nitrogens with one attached hydrogen (secondary N) is 1. The molecule has 7 rings (SSSR count). The number of aromatic nitrogens is 1. The van der Waals surface area contributed by atoms with Crippen LogP contribution in [-0.4, -0.2) is 29.5 Å². The fourth-order valence-corrected chi connectivity index (χ4v) is 8.04. The number of amides is 1. The van der Waals surface area contributed by atoms with Crippen LogP contribution in [0.25, 0.3) is 10.2 Å². The molecule has 4 nitrogen and oxygen atoms in total. The predicted octanol–water partition coefficient (Wildman–Crippen LogP) is 4.74. The highest BCUT2D eigenvalue weighted by Gasteiger charge is 2.52. The highest BCUT2D eigenvalue weighted by atomic mass is 32.1. The summed E-state index contributed by atoms with van der Waals surface area (Å²) < 4.78 is 14.4. The number of rotatable bonds is 3. The van der Waals surface area contributed by atoms with Crippen molar-refractivity contribution in [1.82, 2.24) is 10.3 Å². The van der Waals surface area contributed by atoms with Gasteiger partial charge in [0, 0.05) is 18.6 Å². The van der Waals surface area contributed by atoms with E-state index in [9.17, 15) is 9.18 Å². The maximum atomic E-state index is 13.5. The number of piperidine rings is 1. The van der Waals surface area contributed by atoms with Crippen LogP contribution >= 0.6 is 11.3 Å². The number of hydrogen-bond acceptors (Lipinski definition) is 4. The lowest BCUT2D eigenvalue weighted by molar-refractivity contribution is -0.131. The summed E-state index contributed by atoms with van der Waals surface area (Å²) in [4.78, 5) is 20.2. The van der Waals surface area contributed by atoms with Gasteiger partial charge in [0.15, 0.2) is 5.13 Å². The summed E-state index contributed by atoms with van der Waals surface area (Å²) in [7, 11) is 0. The highest BCUT2D eigenvalue weighted by Crippen LogP contribution is 2.55. The van der Waals surface area contributed by atoms with Gasteiger partial charge in [-0.15, -0.1) is 0 Å². The minimum atomic E-state index is -0.223. The Bertz CT molecular complexity index is 921. The quantitative estimate of drug-likeness (QED) is 0.791. The monoisotopic (exact) mass is 413 g/mol. The Kier molecular flexibility index (Phi) is 4.16. The molecule has 4 bridgehead atoms. The van der Waals surface area contributed by atoms with Crippen molar-refractivity contribution in [2.24, 2.45) is 23.7 Å². The Balaban J connectivity index is 1.17. The first kappa shape index (κ1) is 18.1. The lowest BCUT2D eigenvalue weighted by Gasteiger charge is -2.57. The fourth-order valence-electron chi connectivity index (χ4n) is 7.01. The fraction of sp³-hybridized carbons (Fsp3) is 0.652. The first-order chi connectivity index (χ1) is 14.1. The van der Waals surface area contributed by atoms with Gasteiger partial charge in [-0.3, -0.25) is 4.79 Å². The van der Waals surface area contributed by atoms with Crippen LogP contribution in [0.1, 0.15) is 51.4 Å². The number of hydrogen-bond donors (Lipinski definition) is 1.